The van der Waals surface area contributed by atoms with Crippen LogP contribution in [-0.2, 0) is 78.3 Å². The van der Waals surface area contributed by atoms with E-state index in [-0.39, 0.29) is 62.0 Å². The Bertz CT molecular complexity index is 3380. The number of aliphatic carboxylic acids is 1. The van der Waals surface area contributed by atoms with Gasteiger partial charge in [0.05, 0.1) is 26.2 Å². The molecule has 0 heterocycles. The van der Waals surface area contributed by atoms with E-state index in [0.29, 0.717) is 0 Å². The van der Waals surface area contributed by atoms with Crippen molar-refractivity contribution in [1.82, 2.24) is 63.8 Å². The predicted octanol–water partition coefficient (Wildman–Crippen LogP) is -4.70. The van der Waals surface area contributed by atoms with Gasteiger partial charge in [-0.15, -0.1) is 0 Å². The number of aliphatic hydroxyl groups excluding tert-OH is 3. The topological polar surface area (TPSA) is 563 Å². The molecule has 0 fully saturated rings. The van der Waals surface area contributed by atoms with E-state index in [4.69, 9.17) is 16.2 Å². The van der Waals surface area contributed by atoms with E-state index in [1.807, 2.05) is 48.5 Å². The summed E-state index contributed by atoms with van der Waals surface area (Å²) in [7, 11) is 0. The van der Waals surface area contributed by atoms with E-state index in [0.717, 1.165) is 43.0 Å². The molecule has 0 bridgehead atoms. The Labute approximate surface area is 574 Å². The third-order valence-electron chi connectivity index (χ3n) is 15.6. The second-order valence-corrected chi connectivity index (χ2v) is 24.2. The molecule has 0 radical (unpaired) electrons. The third-order valence-corrected chi connectivity index (χ3v) is 15.6. The van der Waals surface area contributed by atoms with Crippen LogP contribution in [-0.4, -0.2) is 214 Å². The highest BCUT2D eigenvalue weighted by Crippen LogP contribution is 2.44. The molecule has 0 saturated heterocycles. The number of carboxylic acid groups (broad SMARTS) is 1. The smallest absolute Gasteiger partial charge is 0.407 e. The Balaban J connectivity index is 1.48. The van der Waals surface area contributed by atoms with Crippen molar-refractivity contribution >= 4 is 88.9 Å². The summed E-state index contributed by atoms with van der Waals surface area (Å²) in [6, 6.07) is 2.69. The second kappa shape index (κ2) is 40.2. The zero-order valence-electron chi connectivity index (χ0n) is 56.0. The van der Waals surface area contributed by atoms with Gasteiger partial charge in [0.1, 0.15) is 78.8 Å². The van der Waals surface area contributed by atoms with Gasteiger partial charge in [0.25, 0.3) is 0 Å². The first kappa shape index (κ1) is 81.6. The van der Waals surface area contributed by atoms with Crippen molar-refractivity contribution in [1.29, 1.82) is 0 Å². The summed E-state index contributed by atoms with van der Waals surface area (Å²) in [5.74, 6) is -15.7. The van der Waals surface area contributed by atoms with Gasteiger partial charge in [-0.3, -0.25) is 62.3 Å². The third kappa shape index (κ3) is 26.2. The van der Waals surface area contributed by atoms with Crippen LogP contribution in [0, 0.1) is 5.92 Å². The number of phenolic OH excluding ortho intramolecular Hbond substituents is 1. The standard InChI is InChI=1S/C65H90N14O21/c1-32(2)25-48(64(97)98)76-63(96)51(30-82)78-56(89)35(5)71-61(94)49(28-80)79-58(91)45(22-23-52(66)85)73-59(92)46(26-37-18-20-38(84)21-19-37)75-62(95)50(29-81)77-55(88)34(4)70-57(90)44(72-60(93)47(27-53(67)86)74-54(87)33(3)69-36(6)83)17-11-12-24-68-65(99)100-31-43-41-15-9-7-13-39(41)40-14-8-10-16-42(40)43/h7-10,13-16,18-21,32-35,43-51,80-82,84H,11-12,17,22-31H2,1-6H3,(H2,66,85)(H2,67,86)(H,68,99)(H,69,83)(H,70,90)(H,71,94)(H,72,93)(H,73,92)(H,74,87)(H,75,95)(H,76,96)(H,77,88)(H,78,89)(H,79,91)(H,97,98)/t33-,34-,35-,44-,45-,46-,47-,48-,49-,50-,51-/m0/s1. The fourth-order valence-electron chi connectivity index (χ4n) is 10.3. The Morgan fingerprint density at radius 2 is 0.860 bits per heavy atom. The highest BCUT2D eigenvalue weighted by molar-refractivity contribution is 6.00. The number of benzene rings is 3. The molecule has 21 N–H and O–H groups in total. The first-order valence-electron chi connectivity index (χ1n) is 32.1. The molecule has 1 aliphatic carbocycles. The number of rotatable bonds is 41. The number of carbonyl (C=O) groups excluding carboxylic acids is 14. The van der Waals surface area contributed by atoms with Gasteiger partial charge in [-0.25, -0.2) is 9.59 Å². The predicted molar refractivity (Wildman–Crippen MR) is 353 cm³/mol. The molecular formula is C65H90N14O21. The number of fused-ring (bicyclic) bond motifs is 3. The maximum absolute atomic E-state index is 14.3. The number of phenols is 1. The lowest BCUT2D eigenvalue weighted by Gasteiger charge is -2.27. The molecule has 1 aliphatic rings. The van der Waals surface area contributed by atoms with Crippen LogP contribution in [0.5, 0.6) is 5.75 Å². The highest BCUT2D eigenvalue weighted by atomic mass is 16.5. The first-order valence-corrected chi connectivity index (χ1v) is 32.1. The van der Waals surface area contributed by atoms with Crippen molar-refractivity contribution in [3.63, 3.8) is 0 Å². The Kier molecular flexibility index (Phi) is 32.8. The van der Waals surface area contributed by atoms with E-state index < -0.39 is 201 Å². The fourth-order valence-corrected chi connectivity index (χ4v) is 10.3. The fraction of sp³-hybridized carbons (Fsp3) is 0.492. The lowest BCUT2D eigenvalue weighted by atomic mass is 9.98. The Morgan fingerprint density at radius 1 is 0.460 bits per heavy atom. The average Bonchev–Trinajstić information content (AvgIpc) is 1.62. The monoisotopic (exact) mass is 1400 g/mol. The van der Waals surface area contributed by atoms with E-state index in [9.17, 15) is 97.5 Å². The quantitative estimate of drug-likeness (QED) is 0.0237. The molecule has 4 rings (SSSR count). The van der Waals surface area contributed by atoms with E-state index >= 15 is 0 Å². The van der Waals surface area contributed by atoms with Gasteiger partial charge in [0.2, 0.25) is 76.8 Å². The number of nitrogens with two attached hydrogens (primary N) is 2. The number of nitrogens with one attached hydrogen (secondary N) is 12. The normalized spacial score (nSPS) is 14.7. The van der Waals surface area contributed by atoms with Gasteiger partial charge in [0.15, 0.2) is 0 Å². The highest BCUT2D eigenvalue weighted by Gasteiger charge is 2.36. The van der Waals surface area contributed by atoms with Gasteiger partial charge in [-0.1, -0.05) is 74.5 Å². The molecule has 14 amide bonds. The van der Waals surface area contributed by atoms with Crippen LogP contribution in [0.25, 0.3) is 11.1 Å². The summed E-state index contributed by atoms with van der Waals surface area (Å²) in [6.45, 7) is 4.86. The summed E-state index contributed by atoms with van der Waals surface area (Å²) in [4.78, 5) is 197. The molecule has 0 saturated carbocycles. The molecule has 0 aliphatic heterocycles. The number of hydrogen-bond acceptors (Lipinski definition) is 20. The summed E-state index contributed by atoms with van der Waals surface area (Å²) in [6.07, 6.45) is -3.01. The molecule has 3 aromatic rings. The maximum atomic E-state index is 14.3. The average molecular weight is 1400 g/mol. The molecule has 0 aromatic heterocycles. The number of carboxylic acids is 1. The molecular weight excluding hydrogens is 1310 g/mol. The number of aliphatic hydroxyl groups is 3. The van der Waals surface area contributed by atoms with Crippen molar-refractivity contribution in [2.75, 3.05) is 33.0 Å². The van der Waals surface area contributed by atoms with Gasteiger partial charge >= 0.3 is 12.1 Å². The summed E-state index contributed by atoms with van der Waals surface area (Å²) < 4.78 is 5.61. The number of aromatic hydroxyl groups is 1. The molecule has 11 atom stereocenters. The summed E-state index contributed by atoms with van der Waals surface area (Å²) in [5.41, 5.74) is 15.1. The molecule has 3 aromatic carbocycles. The molecule has 100 heavy (non-hydrogen) atoms. The van der Waals surface area contributed by atoms with E-state index in [1.54, 1.807) is 13.8 Å². The summed E-state index contributed by atoms with van der Waals surface area (Å²) in [5, 5.41) is 77.9. The van der Waals surface area contributed by atoms with Gasteiger partial charge < -0.3 is 106 Å². The molecule has 35 heteroatoms. The van der Waals surface area contributed by atoms with Crippen molar-refractivity contribution < 1.29 is 102 Å². The minimum Gasteiger partial charge on any atom is -0.508 e. The molecule has 0 spiro atoms. The summed E-state index contributed by atoms with van der Waals surface area (Å²) >= 11 is 0. The van der Waals surface area contributed by atoms with Crippen molar-refractivity contribution in [3.8, 4) is 16.9 Å². The zero-order chi connectivity index (χ0) is 74.5. The van der Waals surface area contributed by atoms with Crippen LogP contribution in [0.2, 0.25) is 0 Å². The number of ether oxygens (including phenoxy) is 1. The van der Waals surface area contributed by atoms with Crippen LogP contribution in [0.15, 0.2) is 72.8 Å². The first-order chi connectivity index (χ1) is 47.3. The number of amides is 14. The maximum Gasteiger partial charge on any atom is 0.407 e. The molecule has 0 unspecified atom stereocenters. The van der Waals surface area contributed by atoms with Crippen LogP contribution in [0.1, 0.15) is 109 Å². The van der Waals surface area contributed by atoms with Crippen LogP contribution in [0.4, 0.5) is 4.79 Å². The molecule has 546 valence electrons. The van der Waals surface area contributed by atoms with Crippen LogP contribution in [0.3, 0.4) is 0 Å². The lowest BCUT2D eigenvalue weighted by Crippen LogP contribution is -2.61. The number of primary amides is 2. The van der Waals surface area contributed by atoms with Crippen molar-refractivity contribution in [2.24, 2.45) is 17.4 Å². The largest absolute Gasteiger partial charge is 0.508 e. The van der Waals surface area contributed by atoms with Gasteiger partial charge in [-0.05, 0) is 98.7 Å². The van der Waals surface area contributed by atoms with Crippen LogP contribution < -0.4 is 75.3 Å². The van der Waals surface area contributed by atoms with Gasteiger partial charge in [-0.2, -0.15) is 0 Å². The Morgan fingerprint density at radius 3 is 1.33 bits per heavy atom. The minimum absolute atomic E-state index is 0.00888. The number of alkyl carbamates (subject to hydrolysis) is 1. The lowest BCUT2D eigenvalue weighted by molar-refractivity contribution is -0.143. The van der Waals surface area contributed by atoms with Crippen LogP contribution >= 0.6 is 0 Å². The molecule has 35 nitrogen and oxygen atoms in total. The van der Waals surface area contributed by atoms with E-state index in [2.05, 4.69) is 63.8 Å². The second-order valence-electron chi connectivity index (χ2n) is 24.2. The number of carbonyl (C=O) groups is 15. The number of hydrogen-bond donors (Lipinski definition) is 19. The minimum atomic E-state index is -1.91. The zero-order valence-corrected chi connectivity index (χ0v) is 56.0. The SMILES string of the molecule is CC(=O)N[C@@H](C)C(=O)N[C@@H](CC(N)=O)C(=O)N[C@@H](CCCCNC(=O)OCC1c2ccccc2-c2ccccc21)C(=O)N[C@@H](C)C(=O)N[C@@H](CO)C(=O)N[C@@H](Cc1ccc(O)cc1)C(=O)N[C@@H](CCC(N)=O)C(=O)N[C@@H](CO)C(=O)N[C@@H](C)C(=O)N[C@@H](CO)C(=O)N[C@@H](CC(C)C)C(=O)O. The number of unbranched alkanes of at least 4 members (excludes halogenated alkanes) is 1. The van der Waals surface area contributed by atoms with Gasteiger partial charge in [0, 0.05) is 32.2 Å². The van der Waals surface area contributed by atoms with E-state index in [1.165, 1.54) is 31.2 Å². The van der Waals surface area contributed by atoms with Crippen molar-refractivity contribution in [3.05, 3.63) is 89.5 Å². The van der Waals surface area contributed by atoms with Crippen molar-refractivity contribution in [2.45, 2.75) is 165 Å². The Hall–Kier alpha value is -10.8.